The summed E-state index contributed by atoms with van der Waals surface area (Å²) in [6.07, 6.45) is 8.28. The molecule has 0 radical (unpaired) electrons. The third-order valence-corrected chi connectivity index (χ3v) is 8.89. The highest BCUT2D eigenvalue weighted by atomic mass is 32.1. The summed E-state index contributed by atoms with van der Waals surface area (Å²) >= 11 is 1.40. The van der Waals surface area contributed by atoms with Gasteiger partial charge in [-0.15, -0.1) is 15.3 Å². The number of carbonyl (C=O) groups excluding carboxylic acids is 1. The van der Waals surface area contributed by atoms with Crippen molar-refractivity contribution >= 4 is 33.3 Å². The van der Waals surface area contributed by atoms with Gasteiger partial charge in [0.15, 0.2) is 5.82 Å². The molecule has 36 heavy (non-hydrogen) atoms. The molecule has 2 atom stereocenters. The van der Waals surface area contributed by atoms with Crippen LogP contribution in [0.1, 0.15) is 52.4 Å². The lowest BCUT2D eigenvalue weighted by molar-refractivity contribution is -0.118. The molecule has 11 heteroatoms. The van der Waals surface area contributed by atoms with E-state index in [2.05, 4.69) is 66.6 Å². The summed E-state index contributed by atoms with van der Waals surface area (Å²) in [6, 6.07) is 5.03. The van der Waals surface area contributed by atoms with Crippen molar-refractivity contribution < 1.29 is 4.79 Å². The van der Waals surface area contributed by atoms with Gasteiger partial charge in [0.2, 0.25) is 16.2 Å². The summed E-state index contributed by atoms with van der Waals surface area (Å²) in [5, 5.41) is 24.4. The number of nitrogens with one attached hydrogen (secondary N) is 2. The van der Waals surface area contributed by atoms with Crippen LogP contribution in [-0.4, -0.2) is 94.0 Å². The first kappa shape index (κ1) is 25.3. The van der Waals surface area contributed by atoms with Crippen molar-refractivity contribution in [1.82, 2.24) is 30.2 Å². The highest BCUT2D eigenvalue weighted by molar-refractivity contribution is 7.19. The van der Waals surface area contributed by atoms with Crippen molar-refractivity contribution in [2.45, 2.75) is 70.5 Å². The molecule has 2 N–H and O–H groups in total. The zero-order valence-electron chi connectivity index (χ0n) is 21.7. The summed E-state index contributed by atoms with van der Waals surface area (Å²) in [4.78, 5) is 20.1. The number of nitrogens with zero attached hydrogens (tertiary/aromatic N) is 7. The molecule has 2 aromatic rings. The van der Waals surface area contributed by atoms with E-state index >= 15 is 0 Å². The Morgan fingerprint density at radius 3 is 2.67 bits per heavy atom. The minimum atomic E-state index is 0.0101. The maximum atomic E-state index is 12.9. The lowest BCUT2D eigenvalue weighted by Gasteiger charge is -2.46. The van der Waals surface area contributed by atoms with Gasteiger partial charge < -0.3 is 20.4 Å². The van der Waals surface area contributed by atoms with Gasteiger partial charge in [0.1, 0.15) is 0 Å². The Morgan fingerprint density at radius 1 is 1.08 bits per heavy atom. The van der Waals surface area contributed by atoms with E-state index in [1.165, 1.54) is 37.0 Å². The van der Waals surface area contributed by atoms with Crippen molar-refractivity contribution in [3.63, 3.8) is 0 Å². The van der Waals surface area contributed by atoms with Gasteiger partial charge in [0.05, 0.1) is 0 Å². The van der Waals surface area contributed by atoms with Crippen LogP contribution >= 0.6 is 11.3 Å². The number of carbonyl (C=O) groups is 1. The van der Waals surface area contributed by atoms with Crippen molar-refractivity contribution in [2.75, 3.05) is 55.3 Å². The number of hydrogen-bond acceptors (Lipinski definition) is 10. The molecule has 2 aliphatic heterocycles. The SMILES string of the molecule is CN1CCN(C2CCC(C)(C)CC2)C[C@@H]1CC(=O)Nc1nnc(N[C@@H]2CCN(c3cccnn3)C2)s1. The molecule has 5 rings (SSSR count). The molecule has 10 nitrogen and oxygen atoms in total. The third kappa shape index (κ3) is 6.30. The number of rotatable bonds is 7. The average molecular weight is 514 g/mol. The van der Waals surface area contributed by atoms with Gasteiger partial charge in [-0.25, -0.2) is 0 Å². The Balaban J connectivity index is 1.09. The highest BCUT2D eigenvalue weighted by Crippen LogP contribution is 2.37. The maximum Gasteiger partial charge on any atom is 0.227 e. The van der Waals surface area contributed by atoms with Crippen molar-refractivity contribution in [3.8, 4) is 0 Å². The van der Waals surface area contributed by atoms with Crippen molar-refractivity contribution in [2.24, 2.45) is 5.41 Å². The fraction of sp³-hybridized carbons (Fsp3) is 0.720. The lowest BCUT2D eigenvalue weighted by atomic mass is 9.75. The van der Waals surface area contributed by atoms with Crippen LogP contribution < -0.4 is 15.5 Å². The molecule has 196 valence electrons. The Kier molecular flexibility index (Phi) is 7.68. The molecule has 0 unspecified atom stereocenters. The molecule has 0 spiro atoms. The molecule has 0 bridgehead atoms. The molecular formula is C25H39N9OS. The van der Waals surface area contributed by atoms with E-state index in [9.17, 15) is 4.79 Å². The zero-order chi connectivity index (χ0) is 25.1. The van der Waals surface area contributed by atoms with Crippen LogP contribution in [0.2, 0.25) is 0 Å². The number of amides is 1. The predicted molar refractivity (Wildman–Crippen MR) is 143 cm³/mol. The summed E-state index contributed by atoms with van der Waals surface area (Å²) in [5.41, 5.74) is 0.478. The molecule has 3 aliphatic rings. The predicted octanol–water partition coefficient (Wildman–Crippen LogP) is 2.93. The van der Waals surface area contributed by atoms with E-state index in [-0.39, 0.29) is 18.0 Å². The van der Waals surface area contributed by atoms with E-state index in [1.54, 1.807) is 6.20 Å². The number of hydrogen-bond donors (Lipinski definition) is 2. The van der Waals surface area contributed by atoms with Crippen LogP contribution in [0.5, 0.6) is 0 Å². The molecule has 0 aromatic carbocycles. The van der Waals surface area contributed by atoms with E-state index in [0.29, 0.717) is 23.0 Å². The second-order valence-corrected chi connectivity index (χ2v) is 12.3. The fourth-order valence-electron chi connectivity index (χ4n) is 5.71. The van der Waals surface area contributed by atoms with Gasteiger partial charge in [-0.2, -0.15) is 5.10 Å². The van der Waals surface area contributed by atoms with Crippen LogP contribution in [-0.2, 0) is 4.79 Å². The summed E-state index contributed by atoms with van der Waals surface area (Å²) in [7, 11) is 2.14. The van der Waals surface area contributed by atoms with Gasteiger partial charge >= 0.3 is 0 Å². The first-order valence-corrected chi connectivity index (χ1v) is 14.0. The topological polar surface area (TPSA) is 102 Å². The fourth-order valence-corrected chi connectivity index (χ4v) is 6.45. The van der Waals surface area contributed by atoms with E-state index in [1.807, 2.05) is 12.1 Å². The van der Waals surface area contributed by atoms with Crippen molar-refractivity contribution in [3.05, 3.63) is 18.3 Å². The number of likely N-dealkylation sites (N-methyl/N-ethyl adjacent to an activating group) is 1. The first-order chi connectivity index (χ1) is 17.3. The third-order valence-electron chi connectivity index (χ3n) is 8.12. The highest BCUT2D eigenvalue weighted by Gasteiger charge is 2.34. The van der Waals surface area contributed by atoms with Gasteiger partial charge in [-0.3, -0.25) is 9.69 Å². The second kappa shape index (κ2) is 10.9. The average Bonchev–Trinajstić information content (AvgIpc) is 3.51. The molecule has 1 amide bonds. The maximum absolute atomic E-state index is 12.9. The van der Waals surface area contributed by atoms with Gasteiger partial charge in [0, 0.05) is 63.5 Å². The van der Waals surface area contributed by atoms with Crippen LogP contribution in [0.3, 0.4) is 0 Å². The molecular weight excluding hydrogens is 474 g/mol. The molecule has 2 aromatic heterocycles. The van der Waals surface area contributed by atoms with Crippen LogP contribution in [0.15, 0.2) is 18.3 Å². The van der Waals surface area contributed by atoms with E-state index in [4.69, 9.17) is 0 Å². The van der Waals surface area contributed by atoms with Gasteiger partial charge in [-0.05, 0) is 56.7 Å². The number of piperazine rings is 1. The van der Waals surface area contributed by atoms with Gasteiger partial charge in [0.25, 0.3) is 0 Å². The Bertz CT molecular complexity index is 1010. The molecule has 2 saturated heterocycles. The van der Waals surface area contributed by atoms with Gasteiger partial charge in [-0.1, -0.05) is 25.2 Å². The number of anilines is 3. The van der Waals surface area contributed by atoms with E-state index in [0.717, 1.165) is 50.1 Å². The smallest absolute Gasteiger partial charge is 0.227 e. The first-order valence-electron chi connectivity index (χ1n) is 13.2. The van der Waals surface area contributed by atoms with Crippen LogP contribution in [0, 0.1) is 5.41 Å². The second-order valence-electron chi connectivity index (χ2n) is 11.3. The van der Waals surface area contributed by atoms with Crippen LogP contribution in [0.4, 0.5) is 16.1 Å². The molecule has 3 fully saturated rings. The summed E-state index contributed by atoms with van der Waals surface area (Å²) < 4.78 is 0. The summed E-state index contributed by atoms with van der Waals surface area (Å²) in [6.45, 7) is 9.60. The quantitative estimate of drug-likeness (QED) is 0.578. The lowest BCUT2D eigenvalue weighted by Crippen LogP contribution is -2.56. The minimum absolute atomic E-state index is 0.0101. The summed E-state index contributed by atoms with van der Waals surface area (Å²) in [5.74, 6) is 0.904. The standard InChI is InChI=1S/C25H39N9OS/c1-25(2)9-6-19(7-10-25)33-14-13-32(3)20(17-33)15-22(35)28-24-31-30-23(36-24)27-18-8-12-34(16-18)21-5-4-11-26-29-21/h4-5,11,18-20H,6-10,12-17H2,1-3H3,(H,27,30)(H,28,31,35)/t18-,20+/m1/s1. The zero-order valence-corrected chi connectivity index (χ0v) is 22.5. The molecule has 4 heterocycles. The number of aromatic nitrogens is 4. The molecule has 1 saturated carbocycles. The minimum Gasteiger partial charge on any atom is -0.355 e. The normalized spacial score (nSPS) is 25.7. The Labute approximate surface area is 217 Å². The Hall–Kier alpha value is -2.37. The largest absolute Gasteiger partial charge is 0.355 e. The van der Waals surface area contributed by atoms with Crippen molar-refractivity contribution in [1.29, 1.82) is 0 Å². The monoisotopic (exact) mass is 513 g/mol. The molecule has 1 aliphatic carbocycles. The van der Waals surface area contributed by atoms with Crippen LogP contribution in [0.25, 0.3) is 0 Å². The Morgan fingerprint density at radius 2 is 1.89 bits per heavy atom. The van der Waals surface area contributed by atoms with E-state index < -0.39 is 0 Å².